The first-order chi connectivity index (χ1) is 12.2. The highest BCUT2D eigenvalue weighted by molar-refractivity contribution is 6.31. The molecule has 0 aromatic heterocycles. The maximum absolute atomic E-state index is 12.1. The van der Waals surface area contributed by atoms with Crippen LogP contribution in [0.5, 0.6) is 5.75 Å². The van der Waals surface area contributed by atoms with Gasteiger partial charge in [0.15, 0.2) is 0 Å². The summed E-state index contributed by atoms with van der Waals surface area (Å²) >= 11 is 5.83. The number of nitrogens with one attached hydrogen (secondary N) is 1. The summed E-state index contributed by atoms with van der Waals surface area (Å²) in [6, 6.07) is 10.8. The number of benzene rings is 2. The molecule has 0 saturated heterocycles. The molecule has 2 aromatic carbocycles. The Kier molecular flexibility index (Phi) is 6.23. The van der Waals surface area contributed by atoms with E-state index in [0.29, 0.717) is 10.6 Å². The number of hydrogen-bond acceptors (Lipinski definition) is 5. The number of hydrogen-bond donors (Lipinski definition) is 2. The Balaban J connectivity index is 1.94. The molecule has 0 fully saturated rings. The zero-order chi connectivity index (χ0) is 19.3. The number of rotatable bonds is 5. The maximum atomic E-state index is 12.1. The first kappa shape index (κ1) is 19.8. The van der Waals surface area contributed by atoms with E-state index in [9.17, 15) is 14.7 Å². The average Bonchev–Trinajstić information content (AvgIpc) is 2.59. The van der Waals surface area contributed by atoms with Gasteiger partial charge in [0.05, 0.1) is 11.1 Å². The van der Waals surface area contributed by atoms with E-state index in [2.05, 4.69) is 5.32 Å². The molecule has 0 aliphatic carbocycles. The molecule has 0 atom stereocenters. The quantitative estimate of drug-likeness (QED) is 0.610. The van der Waals surface area contributed by atoms with E-state index in [1.54, 1.807) is 45.0 Å². The van der Waals surface area contributed by atoms with E-state index in [-0.39, 0.29) is 17.9 Å². The van der Waals surface area contributed by atoms with E-state index in [1.165, 1.54) is 18.2 Å². The van der Waals surface area contributed by atoms with Crippen LogP contribution in [0.4, 0.5) is 0 Å². The van der Waals surface area contributed by atoms with Gasteiger partial charge in [0.1, 0.15) is 11.4 Å². The second-order valence-corrected chi connectivity index (χ2v) is 7.04. The van der Waals surface area contributed by atoms with Crippen molar-refractivity contribution in [3.8, 4) is 5.75 Å². The largest absolute Gasteiger partial charge is 0.507 e. The van der Waals surface area contributed by atoms with Crippen molar-refractivity contribution >= 4 is 23.5 Å². The van der Waals surface area contributed by atoms with E-state index in [0.717, 1.165) is 5.56 Å². The summed E-state index contributed by atoms with van der Waals surface area (Å²) in [5, 5.41) is 12.8. The van der Waals surface area contributed by atoms with Crippen LogP contribution in [0.2, 0.25) is 5.02 Å². The van der Waals surface area contributed by atoms with Crippen LogP contribution in [0, 0.1) is 0 Å². The zero-order valence-electron chi connectivity index (χ0n) is 14.7. The Morgan fingerprint density at radius 1 is 1.12 bits per heavy atom. The predicted octanol–water partition coefficient (Wildman–Crippen LogP) is 3.86. The standard InChI is InChI=1S/C19H20ClNO5/c1-19(2,3)26-25-18(24)13-6-4-12(5-7-13)11-21-17(23)15-10-14(20)8-9-16(15)22/h4-10,22H,11H2,1-3H3,(H,21,23). The first-order valence-electron chi connectivity index (χ1n) is 7.91. The molecular formula is C19H20ClNO5. The van der Waals surface area contributed by atoms with Crippen LogP contribution in [0.15, 0.2) is 42.5 Å². The van der Waals surface area contributed by atoms with Crippen LogP contribution in [0.25, 0.3) is 0 Å². The number of phenols is 1. The molecule has 6 nitrogen and oxygen atoms in total. The summed E-state index contributed by atoms with van der Waals surface area (Å²) in [5.74, 6) is -1.20. The fraction of sp³-hybridized carbons (Fsp3) is 0.263. The Morgan fingerprint density at radius 2 is 1.77 bits per heavy atom. The molecule has 0 saturated carbocycles. The number of phenolic OH excluding ortho intramolecular Hbond substituents is 1. The van der Waals surface area contributed by atoms with Crippen molar-refractivity contribution in [1.29, 1.82) is 0 Å². The second-order valence-electron chi connectivity index (χ2n) is 6.61. The van der Waals surface area contributed by atoms with E-state index < -0.39 is 17.5 Å². The summed E-state index contributed by atoms with van der Waals surface area (Å²) < 4.78 is 0. The van der Waals surface area contributed by atoms with Crippen LogP contribution < -0.4 is 5.32 Å². The number of halogens is 1. The van der Waals surface area contributed by atoms with Crippen molar-refractivity contribution in [2.24, 2.45) is 0 Å². The minimum absolute atomic E-state index is 0.0945. The third kappa shape index (κ3) is 5.75. The molecular weight excluding hydrogens is 358 g/mol. The molecule has 0 spiro atoms. The smallest absolute Gasteiger partial charge is 0.373 e. The summed E-state index contributed by atoms with van der Waals surface area (Å²) in [7, 11) is 0. The SMILES string of the molecule is CC(C)(C)OOC(=O)c1ccc(CNC(=O)c2cc(Cl)ccc2O)cc1. The van der Waals surface area contributed by atoms with Gasteiger partial charge in [-0.1, -0.05) is 23.7 Å². The van der Waals surface area contributed by atoms with Gasteiger partial charge in [0.2, 0.25) is 0 Å². The number of carbonyl (C=O) groups excluding carboxylic acids is 2. The lowest BCUT2D eigenvalue weighted by Crippen LogP contribution is -2.23. The van der Waals surface area contributed by atoms with Gasteiger partial charge in [-0.05, 0) is 56.7 Å². The third-order valence-electron chi connectivity index (χ3n) is 3.21. The Labute approximate surface area is 156 Å². The molecule has 0 aliphatic heterocycles. The number of aromatic hydroxyl groups is 1. The highest BCUT2D eigenvalue weighted by atomic mass is 35.5. The second kappa shape index (κ2) is 8.21. The average molecular weight is 378 g/mol. The van der Waals surface area contributed by atoms with Gasteiger partial charge < -0.3 is 10.4 Å². The van der Waals surface area contributed by atoms with Gasteiger partial charge in [-0.25, -0.2) is 4.79 Å². The fourth-order valence-electron chi connectivity index (χ4n) is 1.94. The third-order valence-corrected chi connectivity index (χ3v) is 3.45. The van der Waals surface area contributed by atoms with Gasteiger partial charge in [-0.3, -0.25) is 9.68 Å². The molecule has 0 heterocycles. The molecule has 2 N–H and O–H groups in total. The monoisotopic (exact) mass is 377 g/mol. The van der Waals surface area contributed by atoms with Crippen LogP contribution in [-0.4, -0.2) is 22.6 Å². The predicted molar refractivity (Wildman–Crippen MR) is 97.0 cm³/mol. The molecule has 26 heavy (non-hydrogen) atoms. The van der Waals surface area contributed by atoms with Gasteiger partial charge in [0, 0.05) is 11.6 Å². The van der Waals surface area contributed by atoms with Crippen molar-refractivity contribution < 1.29 is 24.5 Å². The lowest BCUT2D eigenvalue weighted by molar-refractivity contribution is -0.301. The summed E-state index contributed by atoms with van der Waals surface area (Å²) in [5.41, 5.74) is 0.605. The van der Waals surface area contributed by atoms with Gasteiger partial charge in [-0.2, -0.15) is 4.89 Å². The minimum atomic E-state index is -0.598. The lowest BCUT2D eigenvalue weighted by atomic mass is 10.1. The van der Waals surface area contributed by atoms with Crippen molar-refractivity contribution in [2.75, 3.05) is 0 Å². The fourth-order valence-corrected chi connectivity index (χ4v) is 2.11. The van der Waals surface area contributed by atoms with Crippen LogP contribution in [-0.2, 0) is 16.3 Å². The molecule has 2 rings (SSSR count). The van der Waals surface area contributed by atoms with Crippen molar-refractivity contribution in [3.05, 3.63) is 64.2 Å². The van der Waals surface area contributed by atoms with E-state index in [4.69, 9.17) is 21.4 Å². The molecule has 0 bridgehead atoms. The molecule has 0 radical (unpaired) electrons. The zero-order valence-corrected chi connectivity index (χ0v) is 15.5. The van der Waals surface area contributed by atoms with Crippen LogP contribution in [0.1, 0.15) is 47.1 Å². The van der Waals surface area contributed by atoms with Crippen molar-refractivity contribution in [3.63, 3.8) is 0 Å². The number of amides is 1. The van der Waals surface area contributed by atoms with Crippen molar-refractivity contribution in [2.45, 2.75) is 32.9 Å². The highest BCUT2D eigenvalue weighted by Gasteiger charge is 2.17. The van der Waals surface area contributed by atoms with E-state index >= 15 is 0 Å². The first-order valence-corrected chi connectivity index (χ1v) is 8.29. The highest BCUT2D eigenvalue weighted by Crippen LogP contribution is 2.21. The normalized spacial score (nSPS) is 11.1. The summed E-state index contributed by atoms with van der Waals surface area (Å²) in [4.78, 5) is 33.7. The summed E-state index contributed by atoms with van der Waals surface area (Å²) in [6.45, 7) is 5.52. The van der Waals surface area contributed by atoms with Gasteiger partial charge in [0.25, 0.3) is 5.91 Å². The molecule has 2 aromatic rings. The minimum Gasteiger partial charge on any atom is -0.507 e. The Morgan fingerprint density at radius 3 is 2.38 bits per heavy atom. The lowest BCUT2D eigenvalue weighted by Gasteiger charge is -2.16. The molecule has 7 heteroatoms. The summed E-state index contributed by atoms with van der Waals surface area (Å²) in [6.07, 6.45) is 0. The van der Waals surface area contributed by atoms with Crippen LogP contribution in [0.3, 0.4) is 0 Å². The van der Waals surface area contributed by atoms with Gasteiger partial charge >= 0.3 is 5.97 Å². The maximum Gasteiger partial charge on any atom is 0.373 e. The topological polar surface area (TPSA) is 84.9 Å². The Bertz CT molecular complexity index is 797. The molecule has 0 aliphatic rings. The van der Waals surface area contributed by atoms with Crippen molar-refractivity contribution in [1.82, 2.24) is 5.32 Å². The number of carbonyl (C=O) groups is 2. The van der Waals surface area contributed by atoms with Gasteiger partial charge in [-0.15, -0.1) is 0 Å². The molecule has 138 valence electrons. The Hall–Kier alpha value is -2.57. The van der Waals surface area contributed by atoms with Crippen LogP contribution >= 0.6 is 11.6 Å². The molecule has 1 amide bonds. The van der Waals surface area contributed by atoms with E-state index in [1.807, 2.05) is 0 Å². The molecule has 0 unspecified atom stereocenters.